The third kappa shape index (κ3) is 2.48. The second-order valence-corrected chi connectivity index (χ2v) is 4.95. The van der Waals surface area contributed by atoms with E-state index in [2.05, 4.69) is 10.3 Å². The number of aryl methyl sites for hydroxylation is 1. The molecule has 0 bridgehead atoms. The van der Waals surface area contributed by atoms with E-state index in [0.29, 0.717) is 5.69 Å². The normalized spacial score (nSPS) is 11.8. The Bertz CT molecular complexity index is 543. The molecule has 1 aromatic carbocycles. The van der Waals surface area contributed by atoms with Crippen molar-refractivity contribution in [3.8, 4) is 5.69 Å². The zero-order chi connectivity index (χ0) is 12.6. The van der Waals surface area contributed by atoms with Crippen molar-refractivity contribution in [2.45, 2.75) is 26.4 Å². The molecule has 0 aliphatic rings. The third-order valence-corrected chi connectivity index (χ3v) is 2.95. The van der Waals surface area contributed by atoms with E-state index in [-0.39, 0.29) is 0 Å². The lowest BCUT2D eigenvalue weighted by Gasteiger charge is -2.11. The molecule has 1 heterocycles. The van der Waals surface area contributed by atoms with Crippen molar-refractivity contribution in [2.75, 3.05) is 0 Å². The predicted molar refractivity (Wildman–Crippen MR) is 66.4 cm³/mol. The van der Waals surface area contributed by atoms with Crippen LogP contribution < -0.4 is 0 Å². The monoisotopic (exact) mass is 251 g/mol. The zero-order valence-electron chi connectivity index (χ0n) is 9.98. The van der Waals surface area contributed by atoms with E-state index in [0.717, 1.165) is 16.3 Å². The molecule has 2 aromatic rings. The van der Waals surface area contributed by atoms with Gasteiger partial charge in [0, 0.05) is 5.02 Å². The van der Waals surface area contributed by atoms with E-state index in [1.165, 1.54) is 0 Å². The molecule has 0 unspecified atom stereocenters. The molecule has 0 fully saturated rings. The number of benzene rings is 1. The maximum absolute atomic E-state index is 9.81. The molecule has 0 aliphatic carbocycles. The predicted octanol–water partition coefficient (Wildman–Crippen LogP) is 2.46. The molecule has 0 spiro atoms. The molecular weight excluding hydrogens is 238 g/mol. The van der Waals surface area contributed by atoms with Gasteiger partial charge in [0.25, 0.3) is 0 Å². The second kappa shape index (κ2) is 4.13. The Kier molecular flexibility index (Phi) is 2.93. The van der Waals surface area contributed by atoms with Crippen LogP contribution in [0, 0.1) is 6.92 Å². The van der Waals surface area contributed by atoms with Crippen molar-refractivity contribution >= 4 is 11.6 Å². The van der Waals surface area contributed by atoms with Gasteiger partial charge in [0.05, 0.1) is 11.9 Å². The number of halogens is 1. The number of rotatable bonds is 2. The molecule has 0 radical (unpaired) electrons. The first kappa shape index (κ1) is 12.1. The van der Waals surface area contributed by atoms with E-state index in [9.17, 15) is 5.11 Å². The van der Waals surface area contributed by atoms with Gasteiger partial charge in [0.1, 0.15) is 11.3 Å². The standard InChI is InChI=1S/C12H14ClN3O/c1-8-6-9(4-5-10(8)13)16-7-11(14-15-16)12(2,3)17/h4-7,17H,1-3H3. The molecule has 1 aromatic heterocycles. The minimum Gasteiger partial charge on any atom is -0.384 e. The van der Waals surface area contributed by atoms with E-state index < -0.39 is 5.60 Å². The molecular formula is C12H14ClN3O. The Hall–Kier alpha value is -1.39. The Labute approximate surface area is 105 Å². The summed E-state index contributed by atoms with van der Waals surface area (Å²) in [5.74, 6) is 0. The van der Waals surface area contributed by atoms with Gasteiger partial charge in [-0.05, 0) is 44.5 Å². The smallest absolute Gasteiger partial charge is 0.114 e. The highest BCUT2D eigenvalue weighted by Crippen LogP contribution is 2.20. The Morgan fingerprint density at radius 3 is 2.59 bits per heavy atom. The highest BCUT2D eigenvalue weighted by atomic mass is 35.5. The van der Waals surface area contributed by atoms with Crippen molar-refractivity contribution < 1.29 is 5.11 Å². The van der Waals surface area contributed by atoms with Crippen molar-refractivity contribution in [1.29, 1.82) is 0 Å². The van der Waals surface area contributed by atoms with Gasteiger partial charge in [-0.3, -0.25) is 0 Å². The second-order valence-electron chi connectivity index (χ2n) is 4.54. The molecule has 0 saturated carbocycles. The molecule has 5 heteroatoms. The summed E-state index contributed by atoms with van der Waals surface area (Å²) in [4.78, 5) is 0. The lowest BCUT2D eigenvalue weighted by molar-refractivity contribution is 0.0737. The lowest BCUT2D eigenvalue weighted by atomic mass is 10.1. The molecule has 1 N–H and O–H groups in total. The van der Waals surface area contributed by atoms with Crippen molar-refractivity contribution in [2.24, 2.45) is 0 Å². The van der Waals surface area contributed by atoms with Gasteiger partial charge in [-0.1, -0.05) is 16.8 Å². The van der Waals surface area contributed by atoms with Crippen LogP contribution in [-0.2, 0) is 5.60 Å². The molecule has 0 aliphatic heterocycles. The fourth-order valence-corrected chi connectivity index (χ4v) is 1.56. The van der Waals surface area contributed by atoms with Crippen LogP contribution in [0.25, 0.3) is 5.69 Å². The van der Waals surface area contributed by atoms with Crippen LogP contribution in [0.1, 0.15) is 25.1 Å². The minimum atomic E-state index is -0.986. The maximum Gasteiger partial charge on any atom is 0.114 e. The summed E-state index contributed by atoms with van der Waals surface area (Å²) in [6.45, 7) is 5.28. The highest BCUT2D eigenvalue weighted by molar-refractivity contribution is 6.31. The molecule has 17 heavy (non-hydrogen) atoms. The van der Waals surface area contributed by atoms with Crippen LogP contribution in [-0.4, -0.2) is 20.1 Å². The first-order valence-corrected chi connectivity index (χ1v) is 5.67. The summed E-state index contributed by atoms with van der Waals surface area (Å²) in [6.07, 6.45) is 1.71. The SMILES string of the molecule is Cc1cc(-n2cc(C(C)(C)O)nn2)ccc1Cl. The number of hydrogen-bond acceptors (Lipinski definition) is 3. The lowest BCUT2D eigenvalue weighted by Crippen LogP contribution is -2.15. The zero-order valence-corrected chi connectivity index (χ0v) is 10.7. The minimum absolute atomic E-state index is 0.533. The average molecular weight is 252 g/mol. The first-order chi connectivity index (χ1) is 7.88. The number of nitrogens with zero attached hydrogens (tertiary/aromatic N) is 3. The summed E-state index contributed by atoms with van der Waals surface area (Å²) < 4.78 is 1.62. The fourth-order valence-electron chi connectivity index (χ4n) is 1.44. The van der Waals surface area contributed by atoms with Crippen LogP contribution >= 0.6 is 11.6 Å². The van der Waals surface area contributed by atoms with E-state index in [1.54, 1.807) is 24.7 Å². The topological polar surface area (TPSA) is 50.9 Å². The molecule has 4 nitrogen and oxygen atoms in total. The van der Waals surface area contributed by atoms with Gasteiger partial charge in [-0.2, -0.15) is 0 Å². The van der Waals surface area contributed by atoms with E-state index >= 15 is 0 Å². The highest BCUT2D eigenvalue weighted by Gasteiger charge is 2.20. The fraction of sp³-hybridized carbons (Fsp3) is 0.333. The van der Waals surface area contributed by atoms with Crippen LogP contribution in [0.5, 0.6) is 0 Å². The van der Waals surface area contributed by atoms with E-state index in [1.807, 2.05) is 25.1 Å². The van der Waals surface area contributed by atoms with Gasteiger partial charge >= 0.3 is 0 Å². The van der Waals surface area contributed by atoms with Crippen LogP contribution in [0.2, 0.25) is 5.02 Å². The van der Waals surface area contributed by atoms with Gasteiger partial charge in [0.15, 0.2) is 0 Å². The molecule has 0 atom stereocenters. The van der Waals surface area contributed by atoms with Crippen molar-refractivity contribution in [3.63, 3.8) is 0 Å². The molecule has 2 rings (SSSR count). The summed E-state index contributed by atoms with van der Waals surface area (Å²) in [5.41, 5.74) is 1.39. The first-order valence-electron chi connectivity index (χ1n) is 5.29. The number of hydrogen-bond donors (Lipinski definition) is 1. The summed E-state index contributed by atoms with van der Waals surface area (Å²) in [7, 11) is 0. The van der Waals surface area contributed by atoms with Crippen molar-refractivity contribution in [3.05, 3.63) is 40.7 Å². The molecule has 90 valence electrons. The summed E-state index contributed by atoms with van der Waals surface area (Å²) in [5, 5.41) is 18.5. The average Bonchev–Trinajstić information content (AvgIpc) is 2.70. The van der Waals surface area contributed by atoms with Crippen LogP contribution in [0.3, 0.4) is 0 Å². The number of aromatic nitrogens is 3. The Balaban J connectivity index is 2.40. The number of aliphatic hydroxyl groups is 1. The van der Waals surface area contributed by atoms with Gasteiger partial charge in [0.2, 0.25) is 0 Å². The van der Waals surface area contributed by atoms with Crippen molar-refractivity contribution in [1.82, 2.24) is 15.0 Å². The largest absolute Gasteiger partial charge is 0.384 e. The van der Waals surface area contributed by atoms with Crippen LogP contribution in [0.15, 0.2) is 24.4 Å². The summed E-state index contributed by atoms with van der Waals surface area (Å²) in [6, 6.07) is 5.60. The Morgan fingerprint density at radius 1 is 1.35 bits per heavy atom. The molecule has 0 saturated heterocycles. The van der Waals surface area contributed by atoms with Gasteiger partial charge in [-0.25, -0.2) is 4.68 Å². The Morgan fingerprint density at radius 2 is 2.06 bits per heavy atom. The van der Waals surface area contributed by atoms with Gasteiger partial charge < -0.3 is 5.11 Å². The van der Waals surface area contributed by atoms with Gasteiger partial charge in [-0.15, -0.1) is 5.10 Å². The molecule has 0 amide bonds. The summed E-state index contributed by atoms with van der Waals surface area (Å²) >= 11 is 5.96. The van der Waals surface area contributed by atoms with E-state index in [4.69, 9.17) is 11.6 Å². The maximum atomic E-state index is 9.81. The third-order valence-electron chi connectivity index (χ3n) is 2.53. The van der Waals surface area contributed by atoms with Crippen LogP contribution in [0.4, 0.5) is 0 Å². The quantitative estimate of drug-likeness (QED) is 0.892.